The molecule has 1 saturated heterocycles. The van der Waals surface area contributed by atoms with Gasteiger partial charge in [-0.15, -0.1) is 0 Å². The van der Waals surface area contributed by atoms with Gasteiger partial charge in [0.25, 0.3) is 0 Å². The summed E-state index contributed by atoms with van der Waals surface area (Å²) in [5.74, 6) is 0.980. The fourth-order valence-corrected chi connectivity index (χ4v) is 3.77. The van der Waals surface area contributed by atoms with Crippen molar-refractivity contribution in [3.63, 3.8) is 0 Å². The summed E-state index contributed by atoms with van der Waals surface area (Å²) in [4.78, 5) is 0. The Morgan fingerprint density at radius 3 is 2.53 bits per heavy atom. The fraction of sp³-hybridized carbons (Fsp3) is 0.467. The molecule has 0 radical (unpaired) electrons. The van der Waals surface area contributed by atoms with Crippen molar-refractivity contribution in [3.05, 3.63) is 42.2 Å². The molecular formula is C15H20O3S. The highest BCUT2D eigenvalue weighted by Crippen LogP contribution is 2.20. The number of allylic oxidation sites excluding steroid dienone is 1. The minimum absolute atomic E-state index is 0.308. The lowest BCUT2D eigenvalue weighted by atomic mass is 10.0. The normalized spacial score (nSPS) is 20.2. The van der Waals surface area contributed by atoms with Crippen molar-refractivity contribution in [1.82, 2.24) is 0 Å². The predicted octanol–water partition coefficient (Wildman–Crippen LogP) is 2.89. The maximum atomic E-state index is 11.3. The lowest BCUT2D eigenvalue weighted by molar-refractivity contribution is 0.187. The zero-order chi connectivity index (χ0) is 13.7. The molecule has 0 spiro atoms. The second-order valence-corrected chi connectivity index (χ2v) is 7.40. The second-order valence-electron chi connectivity index (χ2n) is 5.10. The van der Waals surface area contributed by atoms with Gasteiger partial charge >= 0.3 is 0 Å². The van der Waals surface area contributed by atoms with Crippen LogP contribution in [-0.4, -0.2) is 26.5 Å². The highest BCUT2D eigenvalue weighted by atomic mass is 32.2. The molecule has 0 aromatic heterocycles. The summed E-state index contributed by atoms with van der Waals surface area (Å²) in [6.07, 6.45) is 3.22. The summed E-state index contributed by atoms with van der Waals surface area (Å²) in [6.45, 7) is 2.63. The molecule has 3 nitrogen and oxygen atoms in total. The zero-order valence-corrected chi connectivity index (χ0v) is 12.0. The van der Waals surface area contributed by atoms with Crippen LogP contribution in [-0.2, 0) is 14.6 Å². The summed E-state index contributed by atoms with van der Waals surface area (Å²) in [6, 6.07) is 10.1. The van der Waals surface area contributed by atoms with Gasteiger partial charge in [-0.25, -0.2) is 8.42 Å². The molecule has 1 aliphatic heterocycles. The third-order valence-electron chi connectivity index (χ3n) is 3.50. The smallest absolute Gasteiger partial charge is 0.150 e. The van der Waals surface area contributed by atoms with Gasteiger partial charge in [0.1, 0.15) is 9.84 Å². The number of sulfone groups is 1. The fourth-order valence-electron chi connectivity index (χ4n) is 2.18. The standard InChI is InChI=1S/C15H20O3S/c1-13(15-5-3-2-4-6-15)11-18-12-14-7-9-19(16,17)10-8-14/h2-6,11,14H,7-10,12H2,1H3/b13-11-. The average molecular weight is 280 g/mol. The Bertz CT molecular complexity index is 518. The molecule has 0 unspecified atom stereocenters. The predicted molar refractivity (Wildman–Crippen MR) is 77.4 cm³/mol. The summed E-state index contributed by atoms with van der Waals surface area (Å²) < 4.78 is 28.2. The van der Waals surface area contributed by atoms with Gasteiger partial charge in [0.2, 0.25) is 0 Å². The molecule has 19 heavy (non-hydrogen) atoms. The van der Waals surface area contributed by atoms with Crippen LogP contribution in [0.1, 0.15) is 25.3 Å². The first-order valence-corrected chi connectivity index (χ1v) is 8.43. The van der Waals surface area contributed by atoms with E-state index in [9.17, 15) is 8.42 Å². The van der Waals surface area contributed by atoms with Crippen LogP contribution < -0.4 is 0 Å². The van der Waals surface area contributed by atoms with Crippen molar-refractivity contribution < 1.29 is 13.2 Å². The molecule has 0 atom stereocenters. The van der Waals surface area contributed by atoms with Gasteiger partial charge < -0.3 is 4.74 Å². The molecule has 1 aliphatic rings. The monoisotopic (exact) mass is 280 g/mol. The van der Waals surface area contributed by atoms with E-state index >= 15 is 0 Å². The van der Waals surface area contributed by atoms with Crippen molar-refractivity contribution in [1.29, 1.82) is 0 Å². The van der Waals surface area contributed by atoms with Gasteiger partial charge in [-0.1, -0.05) is 30.3 Å². The van der Waals surface area contributed by atoms with Crippen molar-refractivity contribution in [3.8, 4) is 0 Å². The summed E-state index contributed by atoms with van der Waals surface area (Å²) in [5.41, 5.74) is 2.23. The lowest BCUT2D eigenvalue weighted by Crippen LogP contribution is -2.25. The first-order valence-electron chi connectivity index (χ1n) is 6.61. The van der Waals surface area contributed by atoms with Crippen molar-refractivity contribution in [2.24, 2.45) is 5.92 Å². The van der Waals surface area contributed by atoms with E-state index in [2.05, 4.69) is 0 Å². The van der Waals surface area contributed by atoms with Crippen molar-refractivity contribution in [2.45, 2.75) is 19.8 Å². The Balaban J connectivity index is 1.81. The van der Waals surface area contributed by atoms with Crippen LogP contribution in [0.15, 0.2) is 36.6 Å². The largest absolute Gasteiger partial charge is 0.501 e. The number of hydrogen-bond acceptors (Lipinski definition) is 3. The van der Waals surface area contributed by atoms with E-state index in [4.69, 9.17) is 4.74 Å². The molecule has 0 amide bonds. The molecule has 0 aliphatic carbocycles. The van der Waals surface area contributed by atoms with Crippen LogP contribution in [0.25, 0.3) is 5.57 Å². The first kappa shape index (κ1) is 14.1. The van der Waals surface area contributed by atoms with E-state index in [0.717, 1.165) is 24.0 Å². The summed E-state index contributed by atoms with van der Waals surface area (Å²) in [5, 5.41) is 0. The Morgan fingerprint density at radius 2 is 1.89 bits per heavy atom. The molecule has 1 aromatic rings. The van der Waals surface area contributed by atoms with Gasteiger partial charge in [0, 0.05) is 0 Å². The van der Waals surface area contributed by atoms with Crippen LogP contribution in [0.4, 0.5) is 0 Å². The van der Waals surface area contributed by atoms with Crippen molar-refractivity contribution in [2.75, 3.05) is 18.1 Å². The molecule has 1 fully saturated rings. The zero-order valence-electron chi connectivity index (χ0n) is 11.2. The molecule has 1 heterocycles. The van der Waals surface area contributed by atoms with Crippen LogP contribution in [0, 0.1) is 5.92 Å². The topological polar surface area (TPSA) is 43.4 Å². The van der Waals surface area contributed by atoms with Gasteiger partial charge in [-0.2, -0.15) is 0 Å². The van der Waals surface area contributed by atoms with Gasteiger partial charge in [0.05, 0.1) is 24.4 Å². The molecule has 1 aromatic carbocycles. The summed E-state index contributed by atoms with van der Waals surface area (Å²) >= 11 is 0. The van der Waals surface area contributed by atoms with E-state index in [1.165, 1.54) is 0 Å². The van der Waals surface area contributed by atoms with Gasteiger partial charge in [-0.3, -0.25) is 0 Å². The van der Waals surface area contributed by atoms with E-state index in [1.807, 2.05) is 37.3 Å². The third kappa shape index (κ3) is 4.39. The van der Waals surface area contributed by atoms with Gasteiger partial charge in [-0.05, 0) is 36.8 Å². The Morgan fingerprint density at radius 1 is 1.26 bits per heavy atom. The molecule has 2 rings (SSSR count). The van der Waals surface area contributed by atoms with E-state index in [0.29, 0.717) is 24.0 Å². The number of rotatable bonds is 4. The third-order valence-corrected chi connectivity index (χ3v) is 5.21. The Labute approximate surface area is 115 Å². The van der Waals surface area contributed by atoms with Gasteiger partial charge in [0.15, 0.2) is 0 Å². The molecule has 0 N–H and O–H groups in total. The molecule has 104 valence electrons. The van der Waals surface area contributed by atoms with Crippen LogP contribution >= 0.6 is 0 Å². The van der Waals surface area contributed by atoms with Crippen LogP contribution in [0.3, 0.4) is 0 Å². The molecular weight excluding hydrogens is 260 g/mol. The summed E-state index contributed by atoms with van der Waals surface area (Å²) in [7, 11) is -2.77. The van der Waals surface area contributed by atoms with Crippen molar-refractivity contribution >= 4 is 15.4 Å². The SMILES string of the molecule is C/C(=C/OCC1CCS(=O)(=O)CC1)c1ccccc1. The molecule has 0 saturated carbocycles. The maximum absolute atomic E-state index is 11.3. The minimum Gasteiger partial charge on any atom is -0.501 e. The quantitative estimate of drug-likeness (QED) is 0.797. The number of hydrogen-bond donors (Lipinski definition) is 0. The van der Waals surface area contributed by atoms with E-state index < -0.39 is 9.84 Å². The lowest BCUT2D eigenvalue weighted by Gasteiger charge is -2.21. The minimum atomic E-state index is -2.77. The van der Waals surface area contributed by atoms with E-state index in [1.54, 1.807) is 6.26 Å². The second kappa shape index (κ2) is 6.24. The maximum Gasteiger partial charge on any atom is 0.150 e. The molecule has 4 heteroatoms. The van der Waals surface area contributed by atoms with E-state index in [-0.39, 0.29) is 0 Å². The number of benzene rings is 1. The molecule has 0 bridgehead atoms. The highest BCUT2D eigenvalue weighted by molar-refractivity contribution is 7.91. The number of ether oxygens (including phenoxy) is 1. The first-order chi connectivity index (χ1) is 9.07. The average Bonchev–Trinajstić information content (AvgIpc) is 2.41. The van der Waals surface area contributed by atoms with Crippen LogP contribution in [0.2, 0.25) is 0 Å². The Hall–Kier alpha value is -1.29. The highest BCUT2D eigenvalue weighted by Gasteiger charge is 2.23. The van der Waals surface area contributed by atoms with Crippen LogP contribution in [0.5, 0.6) is 0 Å². The Kier molecular flexibility index (Phi) is 4.64.